The maximum Gasteiger partial charge on any atom is 0.243 e. The molecule has 5 N–H and O–H groups in total. The van der Waals surface area contributed by atoms with Crippen LogP contribution >= 0.6 is 0 Å². The van der Waals surface area contributed by atoms with Gasteiger partial charge in [0.1, 0.15) is 18.6 Å². The molecular weight excluding hydrogens is 660 g/mol. The Kier molecular flexibility index (Phi) is 20.3. The quantitative estimate of drug-likeness (QED) is 0.0722. The second-order valence-corrected chi connectivity index (χ2v) is 13.4. The number of Topliss-reactive ketones (excluding diaryl/α,β-unsaturated/α-hetero) is 1. The molecule has 286 valence electrons. The molecule has 1 aromatic rings. The lowest BCUT2D eigenvalue weighted by Gasteiger charge is -2.32. The van der Waals surface area contributed by atoms with Crippen molar-refractivity contribution >= 4 is 41.2 Å². The molecule has 0 aromatic heterocycles. The van der Waals surface area contributed by atoms with Gasteiger partial charge in [0.25, 0.3) is 0 Å². The van der Waals surface area contributed by atoms with Crippen molar-refractivity contribution in [1.82, 2.24) is 31.5 Å². The lowest BCUT2D eigenvalue weighted by molar-refractivity contribution is -0.142. The molecule has 0 radical (unpaired) electrons. The second kappa shape index (κ2) is 23.2. The van der Waals surface area contributed by atoms with Gasteiger partial charge in [0.2, 0.25) is 35.4 Å². The van der Waals surface area contributed by atoms with Gasteiger partial charge in [-0.15, -0.1) is 0 Å². The van der Waals surface area contributed by atoms with E-state index in [0.29, 0.717) is 32.5 Å². The number of rotatable bonds is 25. The molecule has 1 atom stereocenters. The molecule has 0 unspecified atom stereocenters. The number of hydrogen-bond donors (Lipinski definition) is 5. The molecule has 51 heavy (non-hydrogen) atoms. The van der Waals surface area contributed by atoms with Gasteiger partial charge in [-0.05, 0) is 53.0 Å². The van der Waals surface area contributed by atoms with Crippen LogP contribution in [0.5, 0.6) is 0 Å². The number of ketones is 1. The van der Waals surface area contributed by atoms with Crippen LogP contribution in [0.15, 0.2) is 30.3 Å². The predicted molar refractivity (Wildman–Crippen MR) is 191 cm³/mol. The van der Waals surface area contributed by atoms with E-state index in [9.17, 15) is 33.6 Å². The fourth-order valence-electron chi connectivity index (χ4n) is 4.70. The van der Waals surface area contributed by atoms with Gasteiger partial charge >= 0.3 is 0 Å². The molecule has 1 aromatic carbocycles. The highest BCUT2D eigenvalue weighted by atomic mass is 16.5. The van der Waals surface area contributed by atoms with Crippen LogP contribution in [0, 0.1) is 5.41 Å². The number of ether oxygens (including phenoxy) is 2. The standard InChI is InChI=1S/C36H58N6O9/c1-8-42(9-2)34(49)35(4,5)18-20-51-36(6,7)17-15-29(44)37-22-30(45)38-24-32(47)41-28(21-27-13-11-10-12-14-27)33(48)39-23-31(46)40-25-50-19-16-26(3)43/h10-14,28H,8-9,15-25H2,1-7H3,(H,37,44)(H,38,45)(H,39,48)(H,40,46)(H,41,47)/t28-/m0/s1. The molecule has 15 nitrogen and oxygen atoms in total. The predicted octanol–water partition coefficient (Wildman–Crippen LogP) is 0.992. The van der Waals surface area contributed by atoms with Gasteiger partial charge in [0, 0.05) is 44.4 Å². The SMILES string of the molecule is CCN(CC)C(=O)C(C)(C)CCOC(C)(C)CCC(=O)NCC(=O)NCC(=O)N[C@@H](Cc1ccccc1)C(=O)NCC(=O)NCOCCC(C)=O. The molecule has 0 saturated carbocycles. The van der Waals surface area contributed by atoms with Gasteiger partial charge in [0.15, 0.2) is 0 Å². The summed E-state index contributed by atoms with van der Waals surface area (Å²) in [5.74, 6) is -2.71. The van der Waals surface area contributed by atoms with Gasteiger partial charge in [-0.2, -0.15) is 0 Å². The van der Waals surface area contributed by atoms with Crippen LogP contribution in [0.2, 0.25) is 0 Å². The minimum Gasteiger partial charge on any atom is -0.376 e. The Morgan fingerprint density at radius 2 is 1.31 bits per heavy atom. The van der Waals surface area contributed by atoms with Crippen molar-refractivity contribution < 1.29 is 43.0 Å². The van der Waals surface area contributed by atoms with Crippen molar-refractivity contribution in [3.8, 4) is 0 Å². The van der Waals surface area contributed by atoms with Gasteiger partial charge in [-0.25, -0.2) is 0 Å². The summed E-state index contributed by atoms with van der Waals surface area (Å²) in [7, 11) is 0. The first kappa shape index (κ1) is 44.7. The van der Waals surface area contributed by atoms with E-state index >= 15 is 0 Å². The third-order valence-electron chi connectivity index (χ3n) is 8.02. The van der Waals surface area contributed by atoms with Crippen molar-refractivity contribution in [3.63, 3.8) is 0 Å². The zero-order valence-electron chi connectivity index (χ0n) is 31.3. The zero-order chi connectivity index (χ0) is 38.5. The third-order valence-corrected chi connectivity index (χ3v) is 8.02. The Labute approximate surface area is 301 Å². The molecule has 0 aliphatic carbocycles. The summed E-state index contributed by atoms with van der Waals surface area (Å²) in [6.07, 6.45) is 1.37. The summed E-state index contributed by atoms with van der Waals surface area (Å²) in [4.78, 5) is 88.1. The Morgan fingerprint density at radius 3 is 1.94 bits per heavy atom. The van der Waals surface area contributed by atoms with Crippen molar-refractivity contribution in [3.05, 3.63) is 35.9 Å². The number of nitrogens with one attached hydrogen (secondary N) is 5. The molecular formula is C36H58N6O9. The van der Waals surface area contributed by atoms with Crippen LogP contribution in [-0.2, 0) is 49.5 Å². The maximum absolute atomic E-state index is 12.9. The van der Waals surface area contributed by atoms with Crippen LogP contribution in [-0.4, -0.2) is 110 Å². The highest BCUT2D eigenvalue weighted by Gasteiger charge is 2.31. The maximum atomic E-state index is 12.9. The number of carbonyl (C=O) groups excluding carboxylic acids is 7. The summed E-state index contributed by atoms with van der Waals surface area (Å²) < 4.78 is 11.2. The highest BCUT2D eigenvalue weighted by molar-refractivity contribution is 5.92. The molecule has 15 heteroatoms. The van der Waals surface area contributed by atoms with Crippen molar-refractivity contribution in [2.24, 2.45) is 5.41 Å². The molecule has 0 aliphatic rings. The van der Waals surface area contributed by atoms with E-state index in [4.69, 9.17) is 9.47 Å². The van der Waals surface area contributed by atoms with Crippen LogP contribution in [0.25, 0.3) is 0 Å². The fraction of sp³-hybridized carbons (Fsp3) is 0.639. The van der Waals surface area contributed by atoms with Crippen LogP contribution in [0.4, 0.5) is 0 Å². The molecule has 0 heterocycles. The van der Waals surface area contributed by atoms with E-state index in [0.717, 1.165) is 5.56 Å². The van der Waals surface area contributed by atoms with Gasteiger partial charge in [0.05, 0.1) is 31.8 Å². The fourth-order valence-corrected chi connectivity index (χ4v) is 4.70. The molecule has 0 spiro atoms. The van der Waals surface area contributed by atoms with E-state index in [-0.39, 0.29) is 63.3 Å². The summed E-state index contributed by atoms with van der Waals surface area (Å²) in [5.41, 5.74) is -0.452. The Bertz CT molecular complexity index is 1300. The van der Waals surface area contributed by atoms with E-state index in [1.807, 2.05) is 47.6 Å². The van der Waals surface area contributed by atoms with E-state index in [1.54, 1.807) is 29.2 Å². The Balaban J connectivity index is 2.50. The number of carbonyl (C=O) groups is 7. The van der Waals surface area contributed by atoms with Crippen LogP contribution in [0.3, 0.4) is 0 Å². The van der Waals surface area contributed by atoms with Gasteiger partial charge in [-0.1, -0.05) is 44.2 Å². The minimum absolute atomic E-state index is 0.0397. The first-order chi connectivity index (χ1) is 24.0. The van der Waals surface area contributed by atoms with Gasteiger partial charge < -0.3 is 41.0 Å². The molecule has 0 bridgehead atoms. The van der Waals surface area contributed by atoms with Gasteiger partial charge in [-0.3, -0.25) is 33.6 Å². The molecule has 6 amide bonds. The Morgan fingerprint density at radius 1 is 0.725 bits per heavy atom. The first-order valence-electron chi connectivity index (χ1n) is 17.4. The van der Waals surface area contributed by atoms with E-state index < -0.39 is 47.2 Å². The number of benzene rings is 1. The number of hydrogen-bond acceptors (Lipinski definition) is 9. The largest absolute Gasteiger partial charge is 0.376 e. The normalized spacial score (nSPS) is 11.9. The Hall–Kier alpha value is -4.37. The first-order valence-corrected chi connectivity index (χ1v) is 17.4. The van der Waals surface area contributed by atoms with E-state index in [2.05, 4.69) is 26.6 Å². The summed E-state index contributed by atoms with van der Waals surface area (Å²) in [6, 6.07) is 7.90. The van der Waals surface area contributed by atoms with Crippen molar-refractivity contribution in [2.75, 3.05) is 52.7 Å². The smallest absolute Gasteiger partial charge is 0.243 e. The lowest BCUT2D eigenvalue weighted by atomic mass is 9.87. The number of amides is 6. The topological polar surface area (TPSA) is 201 Å². The summed E-state index contributed by atoms with van der Waals surface area (Å²) in [6.45, 7) is 13.4. The highest BCUT2D eigenvalue weighted by Crippen LogP contribution is 2.26. The van der Waals surface area contributed by atoms with Crippen LogP contribution in [0.1, 0.15) is 79.7 Å². The van der Waals surface area contributed by atoms with Crippen molar-refractivity contribution in [2.45, 2.75) is 92.2 Å². The lowest BCUT2D eigenvalue weighted by Crippen LogP contribution is -2.52. The molecule has 0 fully saturated rings. The zero-order valence-corrected chi connectivity index (χ0v) is 31.3. The molecule has 1 rings (SSSR count). The van der Waals surface area contributed by atoms with Crippen molar-refractivity contribution in [1.29, 1.82) is 0 Å². The summed E-state index contributed by atoms with van der Waals surface area (Å²) in [5, 5.41) is 12.5. The van der Waals surface area contributed by atoms with E-state index in [1.165, 1.54) is 6.92 Å². The molecule has 0 saturated heterocycles. The minimum atomic E-state index is -1.05. The monoisotopic (exact) mass is 718 g/mol. The number of nitrogens with zero attached hydrogens (tertiary/aromatic N) is 1. The molecule has 0 aliphatic heterocycles. The second-order valence-electron chi connectivity index (χ2n) is 13.4. The third kappa shape index (κ3) is 19.6. The van der Waals surface area contributed by atoms with Crippen LogP contribution < -0.4 is 26.6 Å². The average Bonchev–Trinajstić information content (AvgIpc) is 3.08. The average molecular weight is 719 g/mol. The summed E-state index contributed by atoms with van der Waals surface area (Å²) >= 11 is 0.